The third-order valence-corrected chi connectivity index (χ3v) is 5.35. The van der Waals surface area contributed by atoms with Crippen molar-refractivity contribution in [3.8, 4) is 0 Å². The lowest BCUT2D eigenvalue weighted by atomic mass is 9.82. The van der Waals surface area contributed by atoms with Gasteiger partial charge in [0.05, 0.1) is 11.8 Å². The number of nitrogens with zero attached hydrogens (tertiary/aromatic N) is 1. The average Bonchev–Trinajstić information content (AvgIpc) is 3.07. The molecule has 0 aromatic rings. The van der Waals surface area contributed by atoms with E-state index in [1.165, 1.54) is 0 Å². The zero-order valence-electron chi connectivity index (χ0n) is 12.5. The van der Waals surface area contributed by atoms with Crippen LogP contribution in [-0.4, -0.2) is 47.6 Å². The largest absolute Gasteiger partial charge is 0.481 e. The van der Waals surface area contributed by atoms with Gasteiger partial charge in [-0.25, -0.2) is 0 Å². The second-order valence-electron chi connectivity index (χ2n) is 6.58. The Balaban J connectivity index is 1.65. The molecule has 2 N–H and O–H groups in total. The average molecular weight is 292 g/mol. The normalized spacial score (nSPS) is 38.6. The summed E-state index contributed by atoms with van der Waals surface area (Å²) in [6, 6.07) is 0.170. The maximum Gasteiger partial charge on any atom is 0.307 e. The smallest absolute Gasteiger partial charge is 0.307 e. The first kappa shape index (κ1) is 14.6. The van der Waals surface area contributed by atoms with E-state index < -0.39 is 11.9 Å². The molecule has 116 valence electrons. The molecule has 1 saturated heterocycles. The summed E-state index contributed by atoms with van der Waals surface area (Å²) in [4.78, 5) is 26.4. The van der Waals surface area contributed by atoms with E-state index >= 15 is 0 Å². The number of hydrogen-bond acceptors (Lipinski definition) is 3. The van der Waals surface area contributed by atoms with Gasteiger partial charge in [-0.2, -0.15) is 0 Å². The topological polar surface area (TPSA) is 69.6 Å². The fourth-order valence-electron chi connectivity index (χ4n) is 4.27. The van der Waals surface area contributed by atoms with E-state index in [1.807, 2.05) is 12.2 Å². The van der Waals surface area contributed by atoms with E-state index in [9.17, 15) is 14.7 Å². The third kappa shape index (κ3) is 2.71. The van der Waals surface area contributed by atoms with Crippen molar-refractivity contribution < 1.29 is 14.7 Å². The zero-order valence-corrected chi connectivity index (χ0v) is 12.5. The number of carboxylic acid groups (broad SMARTS) is 1. The number of aliphatic carboxylic acids is 1. The molecule has 5 nitrogen and oxygen atoms in total. The molecule has 2 fully saturated rings. The predicted octanol–water partition coefficient (Wildman–Crippen LogP) is 1.11. The molecule has 0 spiro atoms. The molecular formula is C16H24N2O3. The molecule has 2 aliphatic carbocycles. The van der Waals surface area contributed by atoms with Crippen molar-refractivity contribution in [2.75, 3.05) is 19.6 Å². The predicted molar refractivity (Wildman–Crippen MR) is 78.6 cm³/mol. The van der Waals surface area contributed by atoms with Crippen LogP contribution in [0, 0.1) is 23.7 Å². The van der Waals surface area contributed by atoms with Gasteiger partial charge in [0, 0.05) is 12.6 Å². The Kier molecular flexibility index (Phi) is 4.02. The summed E-state index contributed by atoms with van der Waals surface area (Å²) in [6.07, 6.45) is 6.93. The second-order valence-corrected chi connectivity index (χ2v) is 6.58. The maximum absolute atomic E-state index is 12.6. The number of amides is 1. The molecule has 5 heteroatoms. The maximum atomic E-state index is 12.6. The third-order valence-electron chi connectivity index (χ3n) is 5.35. The lowest BCUT2D eigenvalue weighted by molar-refractivity contribution is -0.148. The first-order valence-corrected chi connectivity index (χ1v) is 8.04. The van der Waals surface area contributed by atoms with Crippen LogP contribution < -0.4 is 5.32 Å². The van der Waals surface area contributed by atoms with E-state index in [1.54, 1.807) is 0 Å². The summed E-state index contributed by atoms with van der Waals surface area (Å²) in [7, 11) is 0. The summed E-state index contributed by atoms with van der Waals surface area (Å²) in [5.41, 5.74) is 0. The minimum absolute atomic E-state index is 0.0433. The minimum Gasteiger partial charge on any atom is -0.481 e. The Bertz CT molecular complexity index is 462. The Morgan fingerprint density at radius 3 is 2.67 bits per heavy atom. The van der Waals surface area contributed by atoms with Gasteiger partial charge in [0.25, 0.3) is 0 Å². The molecule has 1 heterocycles. The van der Waals surface area contributed by atoms with Crippen molar-refractivity contribution in [1.82, 2.24) is 10.2 Å². The van der Waals surface area contributed by atoms with Crippen LogP contribution in [0.1, 0.15) is 26.2 Å². The van der Waals surface area contributed by atoms with Gasteiger partial charge >= 0.3 is 5.97 Å². The SMILES string of the molecule is CCN1CCCC(NC(=O)C2C3C=CC(C3)C2C(=O)O)C1. The van der Waals surface area contributed by atoms with Crippen molar-refractivity contribution in [2.45, 2.75) is 32.2 Å². The molecule has 3 aliphatic rings. The van der Waals surface area contributed by atoms with Gasteiger partial charge < -0.3 is 15.3 Å². The molecule has 0 radical (unpaired) electrons. The molecule has 0 aromatic heterocycles. The summed E-state index contributed by atoms with van der Waals surface area (Å²) >= 11 is 0. The molecule has 1 amide bonds. The molecule has 5 atom stereocenters. The highest BCUT2D eigenvalue weighted by Crippen LogP contribution is 2.48. The van der Waals surface area contributed by atoms with Gasteiger partial charge in [-0.1, -0.05) is 19.1 Å². The van der Waals surface area contributed by atoms with Crippen LogP contribution in [0.2, 0.25) is 0 Å². The van der Waals surface area contributed by atoms with Crippen LogP contribution in [0.25, 0.3) is 0 Å². The van der Waals surface area contributed by atoms with E-state index in [-0.39, 0.29) is 29.7 Å². The van der Waals surface area contributed by atoms with Gasteiger partial charge in [-0.3, -0.25) is 9.59 Å². The number of likely N-dealkylation sites (tertiary alicyclic amines) is 1. The van der Waals surface area contributed by atoms with Crippen LogP contribution in [0.15, 0.2) is 12.2 Å². The highest BCUT2D eigenvalue weighted by atomic mass is 16.4. The number of carbonyl (C=O) groups is 2. The standard InChI is InChI=1S/C16H24N2O3/c1-2-18-7-3-4-12(9-18)17-15(19)13-10-5-6-11(8-10)14(13)16(20)21/h5-6,10-14H,2-4,7-9H2,1H3,(H,17,19)(H,20,21). The summed E-state index contributed by atoms with van der Waals surface area (Å²) in [5, 5.41) is 12.5. The van der Waals surface area contributed by atoms with Crippen LogP contribution in [0.4, 0.5) is 0 Å². The molecular weight excluding hydrogens is 268 g/mol. The lowest BCUT2D eigenvalue weighted by Gasteiger charge is -2.34. The number of fused-ring (bicyclic) bond motifs is 2. The Labute approximate surface area is 125 Å². The van der Waals surface area contributed by atoms with Crippen molar-refractivity contribution >= 4 is 11.9 Å². The molecule has 0 aromatic carbocycles. The Hall–Kier alpha value is -1.36. The van der Waals surface area contributed by atoms with E-state index in [0.29, 0.717) is 0 Å². The molecule has 1 aliphatic heterocycles. The molecule has 2 bridgehead atoms. The number of carbonyl (C=O) groups excluding carboxylic acids is 1. The number of piperidine rings is 1. The number of hydrogen-bond donors (Lipinski definition) is 2. The van der Waals surface area contributed by atoms with E-state index in [0.717, 1.165) is 38.9 Å². The van der Waals surface area contributed by atoms with Crippen LogP contribution >= 0.6 is 0 Å². The second kappa shape index (κ2) is 5.79. The van der Waals surface area contributed by atoms with Crippen molar-refractivity contribution in [3.05, 3.63) is 12.2 Å². The quantitative estimate of drug-likeness (QED) is 0.762. The van der Waals surface area contributed by atoms with Crippen molar-refractivity contribution in [3.63, 3.8) is 0 Å². The molecule has 5 unspecified atom stereocenters. The number of rotatable bonds is 4. The number of allylic oxidation sites excluding steroid dienone is 2. The summed E-state index contributed by atoms with van der Waals surface area (Å²) in [6.45, 7) is 5.11. The zero-order chi connectivity index (χ0) is 15.0. The van der Waals surface area contributed by atoms with Gasteiger partial charge in [-0.05, 0) is 44.2 Å². The first-order valence-electron chi connectivity index (χ1n) is 8.04. The first-order chi connectivity index (χ1) is 10.1. The number of carboxylic acids is 1. The summed E-state index contributed by atoms with van der Waals surface area (Å²) < 4.78 is 0. The molecule has 21 heavy (non-hydrogen) atoms. The Morgan fingerprint density at radius 1 is 1.29 bits per heavy atom. The van der Waals surface area contributed by atoms with Gasteiger partial charge in [-0.15, -0.1) is 0 Å². The van der Waals surface area contributed by atoms with Crippen molar-refractivity contribution in [1.29, 1.82) is 0 Å². The Morgan fingerprint density at radius 2 is 2.00 bits per heavy atom. The van der Waals surface area contributed by atoms with E-state index in [2.05, 4.69) is 17.1 Å². The highest BCUT2D eigenvalue weighted by Gasteiger charge is 2.51. The van der Waals surface area contributed by atoms with Crippen molar-refractivity contribution in [2.24, 2.45) is 23.7 Å². The molecule has 1 saturated carbocycles. The van der Waals surface area contributed by atoms with Gasteiger partial charge in [0.1, 0.15) is 0 Å². The minimum atomic E-state index is -0.828. The lowest BCUT2D eigenvalue weighted by Crippen LogP contribution is -2.51. The molecule has 3 rings (SSSR count). The van der Waals surface area contributed by atoms with Crippen LogP contribution in [0.3, 0.4) is 0 Å². The number of likely N-dealkylation sites (N-methyl/N-ethyl adjacent to an activating group) is 1. The summed E-state index contributed by atoms with van der Waals surface area (Å²) in [5.74, 6) is -1.64. The monoisotopic (exact) mass is 292 g/mol. The van der Waals surface area contributed by atoms with Crippen LogP contribution in [0.5, 0.6) is 0 Å². The number of nitrogens with one attached hydrogen (secondary N) is 1. The van der Waals surface area contributed by atoms with E-state index in [4.69, 9.17) is 0 Å². The highest BCUT2D eigenvalue weighted by molar-refractivity contribution is 5.87. The van der Waals surface area contributed by atoms with Gasteiger partial charge in [0.2, 0.25) is 5.91 Å². The van der Waals surface area contributed by atoms with Gasteiger partial charge in [0.15, 0.2) is 0 Å². The fourth-order valence-corrected chi connectivity index (χ4v) is 4.27. The fraction of sp³-hybridized carbons (Fsp3) is 0.750. The van der Waals surface area contributed by atoms with Crippen LogP contribution in [-0.2, 0) is 9.59 Å².